The van der Waals surface area contributed by atoms with Gasteiger partial charge in [0.1, 0.15) is 5.69 Å². The van der Waals surface area contributed by atoms with E-state index in [1.807, 2.05) is 25.1 Å². The van der Waals surface area contributed by atoms with Gasteiger partial charge in [0.15, 0.2) is 0 Å². The van der Waals surface area contributed by atoms with E-state index in [-0.39, 0.29) is 29.4 Å². The fraction of sp³-hybridized carbons (Fsp3) is 0.500. The maximum absolute atomic E-state index is 12.8. The van der Waals surface area contributed by atoms with Gasteiger partial charge >= 0.3 is 6.18 Å². The van der Waals surface area contributed by atoms with E-state index in [0.29, 0.717) is 38.7 Å². The number of ether oxygens (including phenoxy) is 2. The van der Waals surface area contributed by atoms with E-state index >= 15 is 0 Å². The van der Waals surface area contributed by atoms with Crippen molar-refractivity contribution in [1.29, 1.82) is 0 Å². The predicted molar refractivity (Wildman–Crippen MR) is 112 cm³/mol. The lowest BCUT2D eigenvalue weighted by Gasteiger charge is -2.48. The molecule has 2 aromatic rings. The SMILES string of the molecule is CCOC1CC(c2ccccc2)OC2(CCN(C(=O)c3ccc(C(F)(F)F)cn3)CC2)C1. The fourth-order valence-electron chi connectivity index (χ4n) is 4.66. The van der Waals surface area contributed by atoms with Crippen LogP contribution in [0.25, 0.3) is 0 Å². The van der Waals surface area contributed by atoms with E-state index in [0.717, 1.165) is 30.5 Å². The molecule has 3 heterocycles. The molecule has 2 aliphatic rings. The number of hydrogen-bond acceptors (Lipinski definition) is 4. The first-order valence-corrected chi connectivity index (χ1v) is 11.0. The van der Waals surface area contributed by atoms with Crippen molar-refractivity contribution in [1.82, 2.24) is 9.88 Å². The van der Waals surface area contributed by atoms with E-state index in [2.05, 4.69) is 17.1 Å². The number of carbonyl (C=O) groups excluding carboxylic acids is 1. The highest BCUT2D eigenvalue weighted by Crippen LogP contribution is 2.44. The van der Waals surface area contributed by atoms with Crippen LogP contribution in [0, 0.1) is 0 Å². The number of hydrogen-bond donors (Lipinski definition) is 0. The second-order valence-electron chi connectivity index (χ2n) is 8.44. The summed E-state index contributed by atoms with van der Waals surface area (Å²) in [6.45, 7) is 3.54. The summed E-state index contributed by atoms with van der Waals surface area (Å²) in [5.41, 5.74) is -0.115. The Bertz CT molecular complexity index is 910. The number of likely N-dealkylation sites (tertiary alicyclic amines) is 1. The lowest BCUT2D eigenvalue weighted by atomic mass is 9.80. The van der Waals surface area contributed by atoms with E-state index in [1.165, 1.54) is 0 Å². The molecule has 32 heavy (non-hydrogen) atoms. The van der Waals surface area contributed by atoms with Crippen LogP contribution in [0.1, 0.15) is 60.3 Å². The summed E-state index contributed by atoms with van der Waals surface area (Å²) in [6, 6.07) is 12.1. The van der Waals surface area contributed by atoms with Gasteiger partial charge in [0.05, 0.1) is 23.4 Å². The van der Waals surface area contributed by atoms with Gasteiger partial charge in [-0.2, -0.15) is 13.2 Å². The largest absolute Gasteiger partial charge is 0.417 e. The van der Waals surface area contributed by atoms with Crippen LogP contribution in [-0.2, 0) is 15.7 Å². The highest BCUT2D eigenvalue weighted by atomic mass is 19.4. The zero-order chi connectivity index (χ0) is 22.8. The Morgan fingerprint density at radius 2 is 1.91 bits per heavy atom. The molecular weight excluding hydrogens is 421 g/mol. The van der Waals surface area contributed by atoms with Gasteiger partial charge in [0, 0.05) is 38.7 Å². The maximum atomic E-state index is 12.8. The van der Waals surface area contributed by atoms with Gasteiger partial charge in [-0.05, 0) is 37.5 Å². The molecule has 0 bridgehead atoms. The minimum atomic E-state index is -4.48. The van der Waals surface area contributed by atoms with E-state index in [1.54, 1.807) is 4.90 Å². The number of aromatic nitrogens is 1. The number of pyridine rings is 1. The molecule has 1 spiro atoms. The van der Waals surface area contributed by atoms with Crippen molar-refractivity contribution < 1.29 is 27.4 Å². The topological polar surface area (TPSA) is 51.7 Å². The Labute approximate surface area is 185 Å². The number of halogens is 3. The van der Waals surface area contributed by atoms with E-state index in [9.17, 15) is 18.0 Å². The number of amides is 1. The van der Waals surface area contributed by atoms with Gasteiger partial charge in [0.25, 0.3) is 5.91 Å². The molecule has 2 aliphatic heterocycles. The van der Waals surface area contributed by atoms with Crippen LogP contribution in [0.15, 0.2) is 48.7 Å². The quantitative estimate of drug-likeness (QED) is 0.658. The Hall–Kier alpha value is -2.45. The van der Waals surface area contributed by atoms with Gasteiger partial charge in [0.2, 0.25) is 0 Å². The molecule has 0 aliphatic carbocycles. The summed E-state index contributed by atoms with van der Waals surface area (Å²) in [7, 11) is 0. The van der Waals surface area contributed by atoms with Crippen LogP contribution >= 0.6 is 0 Å². The van der Waals surface area contributed by atoms with Crippen LogP contribution in [0.2, 0.25) is 0 Å². The Balaban J connectivity index is 1.44. The zero-order valence-electron chi connectivity index (χ0n) is 18.0. The molecule has 172 valence electrons. The third kappa shape index (κ3) is 4.96. The van der Waals surface area contributed by atoms with Crippen molar-refractivity contribution in [2.24, 2.45) is 0 Å². The minimum absolute atomic E-state index is 0.0212. The molecule has 2 fully saturated rings. The normalized spacial score (nSPS) is 23.3. The molecule has 1 aromatic heterocycles. The summed E-state index contributed by atoms with van der Waals surface area (Å²) in [4.78, 5) is 18.2. The van der Waals surface area contributed by atoms with Crippen LogP contribution < -0.4 is 0 Å². The minimum Gasteiger partial charge on any atom is -0.378 e. The second kappa shape index (κ2) is 9.19. The summed E-state index contributed by atoms with van der Waals surface area (Å²) in [5, 5.41) is 0. The third-order valence-electron chi connectivity index (χ3n) is 6.31. The maximum Gasteiger partial charge on any atom is 0.417 e. The standard InChI is InChI=1S/C24H27F3N2O3/c1-2-31-19-14-21(17-6-4-3-5-7-17)32-23(15-19)10-12-29(13-11-23)22(30)20-9-8-18(16-28-20)24(25,26)27/h3-9,16,19,21H,2,10-15H2,1H3. The van der Waals surface area contributed by atoms with Crippen molar-refractivity contribution in [2.75, 3.05) is 19.7 Å². The molecule has 5 nitrogen and oxygen atoms in total. The van der Waals surface area contributed by atoms with Crippen LogP contribution in [0.5, 0.6) is 0 Å². The van der Waals surface area contributed by atoms with Gasteiger partial charge in [-0.1, -0.05) is 30.3 Å². The molecule has 2 unspecified atom stereocenters. The smallest absolute Gasteiger partial charge is 0.378 e. The van der Waals surface area contributed by atoms with E-state index < -0.39 is 11.7 Å². The average molecular weight is 448 g/mol. The van der Waals surface area contributed by atoms with Crippen molar-refractivity contribution in [3.63, 3.8) is 0 Å². The van der Waals surface area contributed by atoms with Crippen molar-refractivity contribution in [2.45, 2.75) is 56.6 Å². The van der Waals surface area contributed by atoms with E-state index in [4.69, 9.17) is 9.47 Å². The molecular formula is C24H27F3N2O3. The highest BCUT2D eigenvalue weighted by Gasteiger charge is 2.45. The Morgan fingerprint density at radius 3 is 2.50 bits per heavy atom. The lowest BCUT2D eigenvalue weighted by molar-refractivity contribution is -0.190. The first-order valence-electron chi connectivity index (χ1n) is 11.0. The first kappa shape index (κ1) is 22.7. The van der Waals surface area contributed by atoms with Crippen molar-refractivity contribution in [3.05, 3.63) is 65.5 Å². The van der Waals surface area contributed by atoms with Gasteiger partial charge in [-0.3, -0.25) is 9.78 Å². The molecule has 2 saturated heterocycles. The molecule has 2 atom stereocenters. The van der Waals surface area contributed by atoms with Gasteiger partial charge < -0.3 is 14.4 Å². The number of nitrogens with zero attached hydrogens (tertiary/aromatic N) is 2. The third-order valence-corrected chi connectivity index (χ3v) is 6.31. The number of piperidine rings is 1. The highest BCUT2D eigenvalue weighted by molar-refractivity contribution is 5.92. The van der Waals surface area contributed by atoms with Crippen molar-refractivity contribution in [3.8, 4) is 0 Å². The monoisotopic (exact) mass is 448 g/mol. The fourth-order valence-corrected chi connectivity index (χ4v) is 4.66. The predicted octanol–water partition coefficient (Wildman–Crippen LogP) is 5.03. The molecule has 4 rings (SSSR count). The molecule has 0 saturated carbocycles. The second-order valence-corrected chi connectivity index (χ2v) is 8.44. The summed E-state index contributed by atoms with van der Waals surface area (Å²) >= 11 is 0. The summed E-state index contributed by atoms with van der Waals surface area (Å²) in [5.74, 6) is -0.356. The first-order chi connectivity index (χ1) is 15.3. The Morgan fingerprint density at radius 1 is 1.19 bits per heavy atom. The Kier molecular flexibility index (Phi) is 6.53. The molecule has 0 radical (unpaired) electrons. The molecule has 0 N–H and O–H groups in total. The molecule has 8 heteroatoms. The zero-order valence-corrected chi connectivity index (χ0v) is 18.0. The van der Waals surface area contributed by atoms with Crippen LogP contribution in [0.4, 0.5) is 13.2 Å². The van der Waals surface area contributed by atoms with Crippen molar-refractivity contribution >= 4 is 5.91 Å². The number of carbonyl (C=O) groups is 1. The lowest BCUT2D eigenvalue weighted by Crippen LogP contribution is -2.52. The summed E-state index contributed by atoms with van der Waals surface area (Å²) in [6.07, 6.45) is -0.907. The van der Waals surface area contributed by atoms with Gasteiger partial charge in [-0.25, -0.2) is 0 Å². The number of rotatable bonds is 4. The number of alkyl halides is 3. The van der Waals surface area contributed by atoms with Crippen LogP contribution in [0.3, 0.4) is 0 Å². The van der Waals surface area contributed by atoms with Crippen LogP contribution in [-0.4, -0.2) is 47.2 Å². The summed E-state index contributed by atoms with van der Waals surface area (Å²) < 4.78 is 50.9. The number of benzene rings is 1. The van der Waals surface area contributed by atoms with Gasteiger partial charge in [-0.15, -0.1) is 0 Å². The average Bonchev–Trinajstić information content (AvgIpc) is 2.79. The molecule has 1 amide bonds. The molecule has 1 aromatic carbocycles.